The summed E-state index contributed by atoms with van der Waals surface area (Å²) >= 11 is 0. The van der Waals surface area contributed by atoms with Gasteiger partial charge in [0.05, 0.1) is 0 Å². The Morgan fingerprint density at radius 1 is 0.190 bits per heavy atom. The van der Waals surface area contributed by atoms with Gasteiger partial charge < -0.3 is 4.80 Å². The summed E-state index contributed by atoms with van der Waals surface area (Å²) in [5.74, 6) is -148. The molecule has 0 saturated carbocycles. The Labute approximate surface area is 293 Å². The van der Waals surface area contributed by atoms with Crippen LogP contribution in [0.3, 0.4) is 0 Å². The fourth-order valence-electron chi connectivity index (χ4n) is 2.92. The first kappa shape index (κ1) is 57.8. The fraction of sp³-hybridized carbons (Fsp3) is 1.00. The van der Waals surface area contributed by atoms with Crippen molar-refractivity contribution in [2.75, 3.05) is 0 Å². The van der Waals surface area contributed by atoms with Crippen LogP contribution in [0.1, 0.15) is 0 Å². The normalized spacial score (nSPS) is 17.0. The first-order valence-corrected chi connectivity index (χ1v) is 16.0. The van der Waals surface area contributed by atoms with Crippen molar-refractivity contribution < 1.29 is 163 Å². The van der Waals surface area contributed by atoms with Crippen molar-refractivity contribution in [2.24, 2.45) is 0 Å². The highest BCUT2D eigenvalue weighted by Gasteiger charge is 3.02. The zero-order valence-corrected chi connectivity index (χ0v) is 27.1. The monoisotopic (exact) mass is 978 g/mol. The van der Waals surface area contributed by atoms with E-state index in [0.29, 0.717) is 0 Å². The summed E-state index contributed by atoms with van der Waals surface area (Å²) in [5.41, 5.74) is 0. The Balaban J connectivity index is 0. The maximum absolute atomic E-state index is 13.7. The molecule has 0 aromatic rings. The maximum Gasteiger partial charge on any atom is 0.460 e. The molecule has 0 heterocycles. The average molecular weight is 978 g/mol. The van der Waals surface area contributed by atoms with Gasteiger partial charge in [0.15, 0.2) is 8.32 Å². The molecule has 58 heavy (non-hydrogen) atoms. The van der Waals surface area contributed by atoms with Gasteiger partial charge in [0.2, 0.25) is 0 Å². The number of rotatable bonds is 14. The standard InChI is InChI=1S/C17F36.C3H10OSi/c18-1(19,2(20,21)4(24,25)6(28,29)8(32,33)10(36,37)12(40,41)14(44,45)16(48,49)50)3(22,23)5(26,27)7(30,31)9(34,35)11(38,39)13(42,43)15(46,47)17(51,52)53;1-5(2,3)4/h;4H,1-3H3. The van der Waals surface area contributed by atoms with Crippen molar-refractivity contribution in [1.82, 2.24) is 0 Å². The summed E-state index contributed by atoms with van der Waals surface area (Å²) < 4.78 is 474. The van der Waals surface area contributed by atoms with Crippen molar-refractivity contribution in [2.45, 2.75) is 121 Å². The molecule has 1 nitrogen and oxygen atoms in total. The van der Waals surface area contributed by atoms with Crippen molar-refractivity contribution in [3.05, 3.63) is 0 Å². The molecule has 0 fully saturated rings. The van der Waals surface area contributed by atoms with Crippen LogP contribution in [0.15, 0.2) is 0 Å². The van der Waals surface area contributed by atoms with Crippen molar-refractivity contribution >= 4 is 8.32 Å². The van der Waals surface area contributed by atoms with E-state index in [1.807, 2.05) is 19.6 Å². The van der Waals surface area contributed by atoms with E-state index in [0.717, 1.165) is 0 Å². The first-order chi connectivity index (χ1) is 24.0. The van der Waals surface area contributed by atoms with Crippen LogP contribution in [0.25, 0.3) is 0 Å². The summed E-state index contributed by atoms with van der Waals surface area (Å²) in [4.78, 5) is 8.66. The third-order valence-electron chi connectivity index (χ3n) is 6.23. The van der Waals surface area contributed by atoms with E-state index in [1.54, 1.807) is 0 Å². The number of halogens is 36. The lowest BCUT2D eigenvalue weighted by Gasteiger charge is -2.46. The molecule has 0 amide bonds. The Hall–Kier alpha value is -2.34. The summed E-state index contributed by atoms with van der Waals surface area (Å²) in [6, 6.07) is 0. The third kappa shape index (κ3) is 7.41. The van der Waals surface area contributed by atoms with Crippen LogP contribution >= 0.6 is 0 Å². The Kier molecular flexibility index (Phi) is 14.0. The number of hydrogen-bond acceptors (Lipinski definition) is 1. The number of hydrogen-bond donors (Lipinski definition) is 1. The molecule has 0 aliphatic carbocycles. The number of alkyl halides is 36. The summed E-state index contributed by atoms with van der Waals surface area (Å²) in [6.45, 7) is 5.65. The second-order valence-electron chi connectivity index (χ2n) is 11.8. The van der Waals surface area contributed by atoms with Crippen molar-refractivity contribution in [1.29, 1.82) is 0 Å². The second kappa shape index (κ2) is 14.1. The predicted molar refractivity (Wildman–Crippen MR) is 112 cm³/mol. The average Bonchev–Trinajstić information content (AvgIpc) is 2.93. The predicted octanol–water partition coefficient (Wildman–Crippen LogP) is 12.5. The van der Waals surface area contributed by atoms with Gasteiger partial charge in [0.25, 0.3) is 0 Å². The summed E-state index contributed by atoms with van der Waals surface area (Å²) in [6.07, 6.45) is -16.9. The van der Waals surface area contributed by atoms with Gasteiger partial charge in [-0.05, 0) is 19.6 Å². The van der Waals surface area contributed by atoms with E-state index in [4.69, 9.17) is 4.80 Å². The SMILES string of the molecule is C[Si](C)(C)O.FC(F)(F)C(F)(F)C(F)(F)C(F)(F)C(F)(F)C(F)(F)C(F)(F)C(F)(F)C(F)(F)C(F)(F)C(F)(F)C(F)(F)C(F)(F)C(F)(F)C(F)(F)C(F)(F)C(F)(F)F. The first-order valence-electron chi connectivity index (χ1n) is 12.5. The van der Waals surface area contributed by atoms with Crippen molar-refractivity contribution in [3.8, 4) is 0 Å². The molecular weight excluding hydrogens is 968 g/mol. The van der Waals surface area contributed by atoms with Gasteiger partial charge in [0.1, 0.15) is 0 Å². The molecule has 1 N–H and O–H groups in total. The Bertz CT molecular complexity index is 1330. The smallest absolute Gasteiger partial charge is 0.433 e. The molecule has 0 aromatic carbocycles. The molecule has 0 bridgehead atoms. The minimum absolute atomic E-state index is 1.61. The maximum atomic E-state index is 13.7. The molecule has 0 radical (unpaired) electrons. The lowest BCUT2D eigenvalue weighted by atomic mass is 9.82. The van der Waals surface area contributed by atoms with E-state index >= 15 is 0 Å². The van der Waals surface area contributed by atoms with Gasteiger partial charge in [-0.25, -0.2) is 0 Å². The minimum atomic E-state index is -10.4. The van der Waals surface area contributed by atoms with Crippen LogP contribution in [0.5, 0.6) is 0 Å². The van der Waals surface area contributed by atoms with Gasteiger partial charge in [-0.15, -0.1) is 0 Å². The van der Waals surface area contributed by atoms with Crippen LogP contribution in [-0.4, -0.2) is 114 Å². The third-order valence-corrected chi connectivity index (χ3v) is 6.23. The van der Waals surface area contributed by atoms with E-state index in [-0.39, 0.29) is 0 Å². The molecular formula is C20H10F36OSi. The molecule has 0 atom stereocenters. The summed E-state index contributed by atoms with van der Waals surface area (Å²) in [5, 5.41) is 0. The molecule has 0 rings (SSSR count). The van der Waals surface area contributed by atoms with Crippen LogP contribution in [-0.2, 0) is 0 Å². The van der Waals surface area contributed by atoms with Gasteiger partial charge in [-0.3, -0.25) is 0 Å². The van der Waals surface area contributed by atoms with E-state index in [1.165, 1.54) is 0 Å². The van der Waals surface area contributed by atoms with E-state index in [9.17, 15) is 158 Å². The van der Waals surface area contributed by atoms with Gasteiger partial charge in [0, 0.05) is 0 Å². The Morgan fingerprint density at radius 2 is 0.241 bits per heavy atom. The van der Waals surface area contributed by atoms with Gasteiger partial charge >= 0.3 is 101 Å². The van der Waals surface area contributed by atoms with Gasteiger partial charge in [-0.2, -0.15) is 158 Å². The highest BCUT2D eigenvalue weighted by atomic mass is 28.4. The van der Waals surface area contributed by atoms with Crippen LogP contribution in [0, 0.1) is 0 Å². The van der Waals surface area contributed by atoms with E-state index < -0.39 is 110 Å². The minimum Gasteiger partial charge on any atom is -0.433 e. The molecule has 0 unspecified atom stereocenters. The molecule has 38 heteroatoms. The zero-order valence-electron chi connectivity index (χ0n) is 26.1. The fourth-order valence-corrected chi connectivity index (χ4v) is 2.92. The molecule has 0 spiro atoms. The zero-order chi connectivity index (χ0) is 49.0. The topological polar surface area (TPSA) is 20.2 Å². The Morgan fingerprint density at radius 3 is 0.293 bits per heavy atom. The van der Waals surface area contributed by atoms with Gasteiger partial charge in [-0.1, -0.05) is 0 Å². The molecule has 0 aliphatic heterocycles. The van der Waals surface area contributed by atoms with Crippen LogP contribution < -0.4 is 0 Å². The second-order valence-corrected chi connectivity index (χ2v) is 16.1. The van der Waals surface area contributed by atoms with Crippen LogP contribution in [0.4, 0.5) is 158 Å². The largest absolute Gasteiger partial charge is 0.460 e. The molecule has 0 aliphatic rings. The highest BCUT2D eigenvalue weighted by molar-refractivity contribution is 6.68. The van der Waals surface area contributed by atoms with Crippen LogP contribution in [0.2, 0.25) is 19.6 Å². The quantitative estimate of drug-likeness (QED) is 0.136. The molecule has 352 valence electrons. The summed E-state index contributed by atoms with van der Waals surface area (Å²) in [7, 11) is -1.61. The van der Waals surface area contributed by atoms with Crippen molar-refractivity contribution in [3.63, 3.8) is 0 Å². The highest BCUT2D eigenvalue weighted by Crippen LogP contribution is 2.70. The van der Waals surface area contributed by atoms with E-state index in [2.05, 4.69) is 0 Å². The lowest BCUT2D eigenvalue weighted by Crippen LogP contribution is -2.80. The molecule has 0 saturated heterocycles. The molecule has 0 aromatic heterocycles. The lowest BCUT2D eigenvalue weighted by molar-refractivity contribution is -0.493.